The molecule has 2 fully saturated rings. The van der Waals surface area contributed by atoms with E-state index >= 15 is 4.39 Å². The first-order chi connectivity index (χ1) is 14.9. The van der Waals surface area contributed by atoms with Crippen LogP contribution in [0.15, 0.2) is 48.3 Å². The summed E-state index contributed by atoms with van der Waals surface area (Å²) in [5, 5.41) is 1.22. The fraction of sp³-hybridized carbons (Fsp3) is 0.481. The average molecular weight is 423 g/mol. The van der Waals surface area contributed by atoms with Gasteiger partial charge < -0.3 is 9.72 Å². The number of likely N-dealkylation sites (tertiary alicyclic amines) is 1. The van der Waals surface area contributed by atoms with Gasteiger partial charge in [-0.2, -0.15) is 0 Å². The Hall–Kier alpha value is -2.17. The first-order valence-corrected chi connectivity index (χ1v) is 11.5. The molecule has 0 saturated carbocycles. The number of H-pyrrole nitrogens is 1. The summed E-state index contributed by atoms with van der Waals surface area (Å²) in [6, 6.07) is 7.41. The van der Waals surface area contributed by atoms with E-state index in [4.69, 9.17) is 4.74 Å². The van der Waals surface area contributed by atoms with Crippen LogP contribution in [-0.2, 0) is 4.74 Å². The lowest BCUT2D eigenvalue weighted by molar-refractivity contribution is -0.0712. The second kappa shape index (κ2) is 9.13. The second-order valence-corrected chi connectivity index (χ2v) is 9.50. The summed E-state index contributed by atoms with van der Waals surface area (Å²) in [5.74, 6) is 0.677. The molecule has 0 unspecified atom stereocenters. The number of allylic oxidation sites excluding steroid dienone is 5. The Labute approximate surface area is 185 Å². The predicted octanol–water partition coefficient (Wildman–Crippen LogP) is 6.70. The van der Waals surface area contributed by atoms with E-state index in [1.54, 1.807) is 12.2 Å². The molecule has 3 heterocycles. The van der Waals surface area contributed by atoms with Gasteiger partial charge in [0.15, 0.2) is 0 Å². The van der Waals surface area contributed by atoms with Crippen molar-refractivity contribution in [2.24, 2.45) is 0 Å². The van der Waals surface area contributed by atoms with Crippen molar-refractivity contribution in [3.05, 3.63) is 65.2 Å². The van der Waals surface area contributed by atoms with E-state index in [1.807, 2.05) is 13.8 Å². The van der Waals surface area contributed by atoms with Crippen LogP contribution in [0.3, 0.4) is 0 Å². The van der Waals surface area contributed by atoms with Crippen LogP contribution in [-0.4, -0.2) is 42.2 Å². The third-order valence-corrected chi connectivity index (χ3v) is 6.81. The third kappa shape index (κ3) is 4.28. The van der Waals surface area contributed by atoms with E-state index in [9.17, 15) is 0 Å². The molecular weight excluding hydrogens is 387 g/mol. The zero-order valence-electron chi connectivity index (χ0n) is 19.3. The lowest BCUT2D eigenvalue weighted by atomic mass is 9.87. The molecule has 1 N–H and O–H groups in total. The smallest absolute Gasteiger partial charge is 0.131 e. The van der Waals surface area contributed by atoms with Crippen LogP contribution in [0, 0.1) is 0 Å². The van der Waals surface area contributed by atoms with Crippen LogP contribution >= 0.6 is 0 Å². The molecule has 31 heavy (non-hydrogen) atoms. The standard InChI is InChI=1S/C27H35FN2O/c1-6-7-22(26(28)18(4)5)27-25(17(2)3)23-14-20(8-9-24(23)29-27)19-10-12-30(13-11-19)21-15-31-16-21/h6-9,14,17,19,21,29H,1,10-13,15-16H2,2-5H3/b22-7+. The molecule has 166 valence electrons. The second-order valence-electron chi connectivity index (χ2n) is 9.50. The number of nitrogens with zero attached hydrogens (tertiary/aromatic N) is 1. The first-order valence-electron chi connectivity index (χ1n) is 11.5. The fourth-order valence-electron chi connectivity index (χ4n) is 4.98. The topological polar surface area (TPSA) is 28.3 Å². The van der Waals surface area contributed by atoms with Gasteiger partial charge in [-0.25, -0.2) is 4.39 Å². The number of fused-ring (bicyclic) bond motifs is 1. The van der Waals surface area contributed by atoms with E-state index < -0.39 is 0 Å². The lowest BCUT2D eigenvalue weighted by Crippen LogP contribution is -2.51. The maximum absolute atomic E-state index is 15.1. The molecule has 4 heteroatoms. The Bertz CT molecular complexity index is 1010. The highest BCUT2D eigenvalue weighted by Gasteiger charge is 2.30. The minimum atomic E-state index is -0.180. The fourth-order valence-corrected chi connectivity index (χ4v) is 4.98. The largest absolute Gasteiger partial charge is 0.378 e. The summed E-state index contributed by atoms with van der Waals surface area (Å²) in [4.78, 5) is 6.11. The van der Waals surface area contributed by atoms with Gasteiger partial charge in [-0.3, -0.25) is 4.90 Å². The number of aromatic nitrogens is 1. The van der Waals surface area contributed by atoms with E-state index in [0.717, 1.165) is 37.5 Å². The molecule has 3 nitrogen and oxygen atoms in total. The summed E-state index contributed by atoms with van der Waals surface area (Å²) < 4.78 is 20.4. The highest BCUT2D eigenvalue weighted by atomic mass is 19.1. The molecule has 2 aliphatic heterocycles. The maximum atomic E-state index is 15.1. The van der Waals surface area contributed by atoms with Crippen molar-refractivity contribution in [2.75, 3.05) is 26.3 Å². The summed E-state index contributed by atoms with van der Waals surface area (Å²) in [7, 11) is 0. The normalized spacial score (nSPS) is 19.1. The Morgan fingerprint density at radius 2 is 1.94 bits per heavy atom. The van der Waals surface area contributed by atoms with Gasteiger partial charge in [-0.15, -0.1) is 0 Å². The number of ether oxygens (including phenoxy) is 1. The summed E-state index contributed by atoms with van der Waals surface area (Å²) >= 11 is 0. The molecule has 0 aliphatic carbocycles. The molecule has 2 aliphatic rings. The van der Waals surface area contributed by atoms with Crippen molar-refractivity contribution >= 4 is 16.5 Å². The number of hydrogen-bond donors (Lipinski definition) is 1. The summed E-state index contributed by atoms with van der Waals surface area (Å²) in [6.45, 7) is 15.9. The predicted molar refractivity (Wildman–Crippen MR) is 128 cm³/mol. The molecule has 0 atom stereocenters. The molecule has 2 saturated heterocycles. The third-order valence-electron chi connectivity index (χ3n) is 6.81. The monoisotopic (exact) mass is 422 g/mol. The summed E-state index contributed by atoms with van der Waals surface area (Å²) in [6.07, 6.45) is 5.81. The van der Waals surface area contributed by atoms with Crippen molar-refractivity contribution in [1.29, 1.82) is 0 Å². The number of halogens is 1. The van der Waals surface area contributed by atoms with Crippen molar-refractivity contribution in [3.8, 4) is 0 Å². The quantitative estimate of drug-likeness (QED) is 0.525. The number of aromatic amines is 1. The van der Waals surface area contributed by atoms with E-state index in [0.29, 0.717) is 23.1 Å². The van der Waals surface area contributed by atoms with Crippen molar-refractivity contribution < 1.29 is 9.13 Å². The van der Waals surface area contributed by atoms with Crippen LogP contribution in [0.2, 0.25) is 0 Å². The van der Waals surface area contributed by atoms with E-state index in [2.05, 4.69) is 48.5 Å². The van der Waals surface area contributed by atoms with Crippen LogP contribution in [0.25, 0.3) is 16.5 Å². The zero-order valence-corrected chi connectivity index (χ0v) is 19.3. The van der Waals surface area contributed by atoms with Crippen molar-refractivity contribution in [3.63, 3.8) is 0 Å². The van der Waals surface area contributed by atoms with Gasteiger partial charge in [0.25, 0.3) is 0 Å². The van der Waals surface area contributed by atoms with E-state index in [-0.39, 0.29) is 11.7 Å². The Morgan fingerprint density at radius 1 is 1.23 bits per heavy atom. The molecule has 0 spiro atoms. The highest BCUT2D eigenvalue weighted by molar-refractivity contribution is 5.93. The van der Waals surface area contributed by atoms with Crippen LogP contribution in [0.5, 0.6) is 0 Å². The van der Waals surface area contributed by atoms with Gasteiger partial charge in [-0.05, 0) is 80.4 Å². The highest BCUT2D eigenvalue weighted by Crippen LogP contribution is 2.39. The summed E-state index contributed by atoms with van der Waals surface area (Å²) in [5.41, 5.74) is 5.80. The minimum Gasteiger partial charge on any atom is -0.378 e. The zero-order chi connectivity index (χ0) is 22.1. The van der Waals surface area contributed by atoms with Crippen LogP contribution in [0.4, 0.5) is 4.39 Å². The van der Waals surface area contributed by atoms with Crippen molar-refractivity contribution in [2.45, 2.75) is 58.4 Å². The molecule has 0 bridgehead atoms. The first kappa shape index (κ1) is 22.0. The number of hydrogen-bond acceptors (Lipinski definition) is 2. The van der Waals surface area contributed by atoms with Gasteiger partial charge >= 0.3 is 0 Å². The minimum absolute atomic E-state index is 0.180. The van der Waals surface area contributed by atoms with Crippen LogP contribution in [0.1, 0.15) is 69.2 Å². The maximum Gasteiger partial charge on any atom is 0.131 e. The molecule has 2 aromatic rings. The Balaban J connectivity index is 1.69. The van der Waals surface area contributed by atoms with Crippen molar-refractivity contribution in [1.82, 2.24) is 9.88 Å². The van der Waals surface area contributed by atoms with E-state index in [1.165, 1.54) is 29.4 Å². The van der Waals surface area contributed by atoms with Gasteiger partial charge in [0.2, 0.25) is 0 Å². The number of nitrogens with one attached hydrogen (secondary N) is 1. The number of piperidine rings is 1. The Morgan fingerprint density at radius 3 is 2.48 bits per heavy atom. The van der Waals surface area contributed by atoms with Gasteiger partial charge in [-0.1, -0.05) is 38.6 Å². The molecule has 0 radical (unpaired) electrons. The Kier molecular flexibility index (Phi) is 6.49. The van der Waals surface area contributed by atoms with Crippen LogP contribution < -0.4 is 0 Å². The molecular formula is C27H35FN2O. The van der Waals surface area contributed by atoms with Gasteiger partial charge in [0, 0.05) is 16.5 Å². The van der Waals surface area contributed by atoms with Gasteiger partial charge in [0.05, 0.1) is 24.9 Å². The number of benzene rings is 1. The molecule has 4 rings (SSSR count). The molecule has 1 aromatic heterocycles. The number of rotatable bonds is 6. The van der Waals surface area contributed by atoms with Gasteiger partial charge in [0.1, 0.15) is 5.83 Å². The molecule has 0 amide bonds. The lowest BCUT2D eigenvalue weighted by Gasteiger charge is -2.41. The average Bonchev–Trinajstić information content (AvgIpc) is 3.09. The SMILES string of the molecule is C=C/C=C(\C(F)=C(C)C)c1[nH]c2ccc(C3CCN(C4COC4)CC3)cc2c1C(C)C. The molecule has 1 aromatic carbocycles.